The highest BCUT2D eigenvalue weighted by molar-refractivity contribution is 5.94. The van der Waals surface area contributed by atoms with Crippen molar-refractivity contribution in [3.05, 3.63) is 53.2 Å². The van der Waals surface area contributed by atoms with Crippen molar-refractivity contribution in [2.24, 2.45) is 11.8 Å². The summed E-state index contributed by atoms with van der Waals surface area (Å²) in [6.45, 7) is 11.9. The first-order valence-electron chi connectivity index (χ1n) is 10.3. The molecule has 1 aromatic carbocycles. The third-order valence-corrected chi connectivity index (χ3v) is 4.68. The fraction of sp³-hybridized carbons (Fsp3) is 0.522. The lowest BCUT2D eigenvalue weighted by molar-refractivity contribution is 0.0720. The molecule has 1 aromatic heterocycles. The van der Waals surface area contributed by atoms with Crippen LogP contribution in [0.4, 0.5) is 0 Å². The zero-order chi connectivity index (χ0) is 21.4. The number of rotatable bonds is 10. The topological polar surface area (TPSA) is 75.4 Å². The van der Waals surface area contributed by atoms with Gasteiger partial charge < -0.3 is 14.6 Å². The Kier molecular flexibility index (Phi) is 8.43. The quantitative estimate of drug-likeness (QED) is 0.640. The van der Waals surface area contributed by atoms with Crippen LogP contribution in [0.25, 0.3) is 0 Å². The van der Waals surface area contributed by atoms with Crippen LogP contribution in [0, 0.1) is 18.8 Å². The minimum Gasteiger partial charge on any atom is -0.446 e. The lowest BCUT2D eigenvalue weighted by Crippen LogP contribution is -2.32. The smallest absolute Gasteiger partial charge is 0.273 e. The van der Waals surface area contributed by atoms with E-state index < -0.39 is 0 Å². The number of carbonyl (C=O) groups excluding carboxylic acids is 2. The number of hydrogen-bond donors (Lipinski definition) is 1. The van der Waals surface area contributed by atoms with Gasteiger partial charge in [-0.25, -0.2) is 4.98 Å². The summed E-state index contributed by atoms with van der Waals surface area (Å²) in [5.41, 5.74) is 1.99. The molecule has 0 radical (unpaired) electrons. The average molecular weight is 400 g/mol. The Balaban J connectivity index is 2.06. The SMILES string of the molecule is Cc1ccc(C(=O)N(CCC(C)C)Cc2nc(C(=O)NCCC(C)C)co2)cc1. The van der Waals surface area contributed by atoms with Crippen molar-refractivity contribution in [2.75, 3.05) is 13.1 Å². The number of benzene rings is 1. The Morgan fingerprint density at radius 3 is 2.34 bits per heavy atom. The van der Waals surface area contributed by atoms with Crippen molar-refractivity contribution in [3.63, 3.8) is 0 Å². The number of oxazole rings is 1. The van der Waals surface area contributed by atoms with Gasteiger partial charge in [-0.2, -0.15) is 0 Å². The maximum absolute atomic E-state index is 13.0. The van der Waals surface area contributed by atoms with E-state index in [-0.39, 0.29) is 24.1 Å². The van der Waals surface area contributed by atoms with E-state index in [1.807, 2.05) is 31.2 Å². The summed E-state index contributed by atoms with van der Waals surface area (Å²) in [4.78, 5) is 31.2. The van der Waals surface area contributed by atoms with Gasteiger partial charge in [0.05, 0.1) is 6.54 Å². The molecule has 0 unspecified atom stereocenters. The van der Waals surface area contributed by atoms with Crippen LogP contribution >= 0.6 is 0 Å². The molecule has 1 heterocycles. The van der Waals surface area contributed by atoms with Gasteiger partial charge in [0, 0.05) is 18.7 Å². The predicted molar refractivity (Wildman–Crippen MR) is 114 cm³/mol. The van der Waals surface area contributed by atoms with Crippen LogP contribution in [-0.4, -0.2) is 34.8 Å². The molecule has 0 fully saturated rings. The van der Waals surface area contributed by atoms with Gasteiger partial charge in [-0.1, -0.05) is 45.4 Å². The fourth-order valence-corrected chi connectivity index (χ4v) is 2.76. The van der Waals surface area contributed by atoms with Crippen LogP contribution in [0.2, 0.25) is 0 Å². The molecule has 2 amide bonds. The average Bonchev–Trinajstić information content (AvgIpc) is 3.13. The molecule has 1 N–H and O–H groups in total. The standard InChI is InChI=1S/C23H33N3O3/c1-16(2)10-12-24-22(27)20-15-29-21(25-20)14-26(13-11-17(3)4)23(28)19-8-6-18(5)7-9-19/h6-9,15-17H,10-14H2,1-5H3,(H,24,27). The molecule has 0 aliphatic rings. The summed E-state index contributed by atoms with van der Waals surface area (Å²) in [5.74, 6) is 1.04. The van der Waals surface area contributed by atoms with Crippen molar-refractivity contribution < 1.29 is 14.0 Å². The summed E-state index contributed by atoms with van der Waals surface area (Å²) < 4.78 is 5.49. The number of hydrogen-bond acceptors (Lipinski definition) is 4. The van der Waals surface area contributed by atoms with Gasteiger partial charge in [-0.15, -0.1) is 0 Å². The van der Waals surface area contributed by atoms with Crippen molar-refractivity contribution in [3.8, 4) is 0 Å². The Hall–Kier alpha value is -2.63. The first-order chi connectivity index (χ1) is 13.8. The highest BCUT2D eigenvalue weighted by atomic mass is 16.3. The molecule has 0 spiro atoms. The lowest BCUT2D eigenvalue weighted by Gasteiger charge is -2.22. The van der Waals surface area contributed by atoms with Crippen LogP contribution in [0.3, 0.4) is 0 Å². The Morgan fingerprint density at radius 1 is 1.07 bits per heavy atom. The third-order valence-electron chi connectivity index (χ3n) is 4.68. The Labute approximate surface area is 173 Å². The van der Waals surface area contributed by atoms with Gasteiger partial charge in [0.1, 0.15) is 6.26 Å². The summed E-state index contributed by atoms with van der Waals surface area (Å²) in [7, 11) is 0. The monoisotopic (exact) mass is 399 g/mol. The third kappa shape index (κ3) is 7.37. The molecule has 0 bridgehead atoms. The van der Waals surface area contributed by atoms with Gasteiger partial charge in [0.2, 0.25) is 5.89 Å². The lowest BCUT2D eigenvalue weighted by atomic mass is 10.1. The second-order valence-corrected chi connectivity index (χ2v) is 8.34. The van der Waals surface area contributed by atoms with Gasteiger partial charge in [0.25, 0.3) is 11.8 Å². The maximum atomic E-state index is 13.0. The largest absolute Gasteiger partial charge is 0.446 e. The van der Waals surface area contributed by atoms with Crippen LogP contribution < -0.4 is 5.32 Å². The molecular formula is C23H33N3O3. The zero-order valence-electron chi connectivity index (χ0n) is 18.2. The van der Waals surface area contributed by atoms with Gasteiger partial charge in [0.15, 0.2) is 5.69 Å². The summed E-state index contributed by atoms with van der Waals surface area (Å²) >= 11 is 0. The minimum atomic E-state index is -0.251. The number of amides is 2. The first-order valence-corrected chi connectivity index (χ1v) is 10.3. The second kappa shape index (κ2) is 10.8. The highest BCUT2D eigenvalue weighted by Gasteiger charge is 2.20. The molecule has 0 saturated carbocycles. The molecule has 6 heteroatoms. The number of aromatic nitrogens is 1. The molecule has 2 rings (SSSR count). The maximum Gasteiger partial charge on any atom is 0.273 e. The number of nitrogens with zero attached hydrogens (tertiary/aromatic N) is 2. The summed E-state index contributed by atoms with van der Waals surface area (Å²) in [6.07, 6.45) is 3.14. The molecule has 6 nitrogen and oxygen atoms in total. The van der Waals surface area contributed by atoms with E-state index in [4.69, 9.17) is 4.42 Å². The number of carbonyl (C=O) groups is 2. The van der Waals surface area contributed by atoms with Crippen molar-refractivity contribution >= 4 is 11.8 Å². The van der Waals surface area contributed by atoms with E-state index in [1.165, 1.54) is 6.26 Å². The van der Waals surface area contributed by atoms with E-state index in [2.05, 4.69) is 38.0 Å². The van der Waals surface area contributed by atoms with Crippen molar-refractivity contribution in [1.82, 2.24) is 15.2 Å². The number of nitrogens with one attached hydrogen (secondary N) is 1. The second-order valence-electron chi connectivity index (χ2n) is 8.34. The summed E-state index contributed by atoms with van der Waals surface area (Å²) in [6, 6.07) is 7.53. The molecule has 0 saturated heterocycles. The van der Waals surface area contributed by atoms with E-state index >= 15 is 0 Å². The highest BCUT2D eigenvalue weighted by Crippen LogP contribution is 2.14. The van der Waals surface area contributed by atoms with Gasteiger partial charge in [-0.3, -0.25) is 9.59 Å². The van der Waals surface area contributed by atoms with Gasteiger partial charge in [-0.05, 0) is 43.7 Å². The summed E-state index contributed by atoms with van der Waals surface area (Å²) in [5, 5.41) is 2.85. The van der Waals surface area contributed by atoms with E-state index in [1.54, 1.807) is 4.90 Å². The van der Waals surface area contributed by atoms with Crippen molar-refractivity contribution in [2.45, 2.75) is 54.0 Å². The Morgan fingerprint density at radius 2 is 1.72 bits per heavy atom. The minimum absolute atomic E-state index is 0.0632. The molecule has 0 atom stereocenters. The van der Waals surface area contributed by atoms with Gasteiger partial charge >= 0.3 is 0 Å². The molecular weight excluding hydrogens is 366 g/mol. The number of aryl methyl sites for hydroxylation is 1. The van der Waals surface area contributed by atoms with Crippen LogP contribution in [0.5, 0.6) is 0 Å². The predicted octanol–water partition coefficient (Wildman–Crippen LogP) is 4.45. The van der Waals surface area contributed by atoms with Crippen LogP contribution in [0.15, 0.2) is 34.9 Å². The molecule has 29 heavy (non-hydrogen) atoms. The van der Waals surface area contributed by atoms with E-state index in [0.29, 0.717) is 36.4 Å². The Bertz CT molecular complexity index is 794. The van der Waals surface area contributed by atoms with E-state index in [9.17, 15) is 9.59 Å². The van der Waals surface area contributed by atoms with Crippen LogP contribution in [0.1, 0.15) is 72.8 Å². The molecule has 2 aromatic rings. The molecule has 0 aliphatic carbocycles. The van der Waals surface area contributed by atoms with Crippen molar-refractivity contribution in [1.29, 1.82) is 0 Å². The van der Waals surface area contributed by atoms with E-state index in [0.717, 1.165) is 18.4 Å². The fourth-order valence-electron chi connectivity index (χ4n) is 2.76. The normalized spacial score (nSPS) is 11.1. The zero-order valence-corrected chi connectivity index (χ0v) is 18.2. The van der Waals surface area contributed by atoms with Crippen LogP contribution in [-0.2, 0) is 6.54 Å². The molecule has 158 valence electrons. The molecule has 0 aliphatic heterocycles. The first kappa shape index (κ1) is 22.7.